The number of amides is 2. The van der Waals surface area contributed by atoms with Crippen molar-refractivity contribution in [3.05, 3.63) is 57.0 Å². The highest BCUT2D eigenvalue weighted by Gasteiger charge is 2.27. The molecule has 2 atom stereocenters. The van der Waals surface area contributed by atoms with Gasteiger partial charge in [0.1, 0.15) is 11.5 Å². The lowest BCUT2D eigenvalue weighted by molar-refractivity contribution is -0.129. The van der Waals surface area contributed by atoms with Crippen molar-refractivity contribution in [2.24, 2.45) is 0 Å². The van der Waals surface area contributed by atoms with Crippen molar-refractivity contribution in [1.82, 2.24) is 10.6 Å². The molecule has 0 saturated heterocycles. The molecule has 1 aliphatic carbocycles. The molecular formula is C25H29Cl3N2O4. The molecule has 0 radical (unpaired) electrons. The molecule has 2 amide bonds. The Morgan fingerprint density at radius 3 is 1.68 bits per heavy atom. The summed E-state index contributed by atoms with van der Waals surface area (Å²) in [4.78, 5) is 25.1. The van der Waals surface area contributed by atoms with E-state index >= 15 is 0 Å². The Bertz CT molecular complexity index is 944. The van der Waals surface area contributed by atoms with Crippen LogP contribution >= 0.6 is 34.8 Å². The van der Waals surface area contributed by atoms with Gasteiger partial charge in [0, 0.05) is 17.1 Å². The Balaban J connectivity index is 1.41. The summed E-state index contributed by atoms with van der Waals surface area (Å²) >= 11 is 18.2. The van der Waals surface area contributed by atoms with Crippen LogP contribution in [0, 0.1) is 6.92 Å². The average Bonchev–Trinajstić information content (AvgIpc) is 2.78. The quantitative estimate of drug-likeness (QED) is 0.459. The first-order valence-corrected chi connectivity index (χ1v) is 12.4. The van der Waals surface area contributed by atoms with Crippen LogP contribution in [0.15, 0.2) is 36.4 Å². The third kappa shape index (κ3) is 7.42. The van der Waals surface area contributed by atoms with E-state index in [0.29, 0.717) is 26.6 Å². The topological polar surface area (TPSA) is 76.7 Å². The van der Waals surface area contributed by atoms with Crippen molar-refractivity contribution < 1.29 is 19.1 Å². The normalized spacial score (nSPS) is 19.6. The Morgan fingerprint density at radius 1 is 0.794 bits per heavy atom. The molecule has 0 heterocycles. The predicted octanol–water partition coefficient (Wildman–Crippen LogP) is 5.73. The maximum Gasteiger partial charge on any atom is 0.260 e. The predicted molar refractivity (Wildman–Crippen MR) is 135 cm³/mol. The largest absolute Gasteiger partial charge is 0.479 e. The first-order chi connectivity index (χ1) is 16.1. The minimum Gasteiger partial charge on any atom is -0.479 e. The molecule has 2 aromatic carbocycles. The second kappa shape index (κ2) is 12.0. The van der Waals surface area contributed by atoms with Gasteiger partial charge in [0.25, 0.3) is 11.8 Å². The SMILES string of the molecule is Cc1ccc(OC(C)C(=O)NC2CCC(NC(=O)C(C)Oc3ccc(Cl)cc3Cl)CC2)c(Cl)c1. The average molecular weight is 528 g/mol. The minimum absolute atomic E-state index is 0.0208. The van der Waals surface area contributed by atoms with Crippen LogP contribution in [0.3, 0.4) is 0 Å². The molecule has 1 saturated carbocycles. The van der Waals surface area contributed by atoms with Crippen LogP contribution in [0.25, 0.3) is 0 Å². The zero-order valence-electron chi connectivity index (χ0n) is 19.4. The number of ether oxygens (including phenoxy) is 2. The van der Waals surface area contributed by atoms with E-state index in [1.807, 2.05) is 13.0 Å². The molecule has 3 rings (SSSR count). The number of carbonyl (C=O) groups excluding carboxylic acids is 2. The van der Waals surface area contributed by atoms with E-state index in [-0.39, 0.29) is 23.9 Å². The van der Waals surface area contributed by atoms with Gasteiger partial charge in [-0.25, -0.2) is 0 Å². The molecule has 184 valence electrons. The van der Waals surface area contributed by atoms with Crippen molar-refractivity contribution in [1.29, 1.82) is 0 Å². The van der Waals surface area contributed by atoms with Crippen molar-refractivity contribution in [2.75, 3.05) is 0 Å². The second-order valence-corrected chi connectivity index (χ2v) is 9.85. The second-order valence-electron chi connectivity index (χ2n) is 8.59. The zero-order valence-corrected chi connectivity index (χ0v) is 21.6. The number of hydrogen-bond donors (Lipinski definition) is 2. The fraction of sp³-hybridized carbons (Fsp3) is 0.440. The highest BCUT2D eigenvalue weighted by molar-refractivity contribution is 6.35. The summed E-state index contributed by atoms with van der Waals surface area (Å²) in [7, 11) is 0. The van der Waals surface area contributed by atoms with Gasteiger partial charge >= 0.3 is 0 Å². The number of nitrogens with one attached hydrogen (secondary N) is 2. The monoisotopic (exact) mass is 526 g/mol. The highest BCUT2D eigenvalue weighted by Crippen LogP contribution is 2.29. The van der Waals surface area contributed by atoms with Gasteiger partial charge in [0.2, 0.25) is 0 Å². The lowest BCUT2D eigenvalue weighted by Crippen LogP contribution is -2.48. The number of halogens is 3. The maximum atomic E-state index is 12.6. The van der Waals surface area contributed by atoms with Crippen LogP contribution in [0.5, 0.6) is 11.5 Å². The van der Waals surface area contributed by atoms with E-state index in [1.165, 1.54) is 0 Å². The van der Waals surface area contributed by atoms with Crippen LogP contribution in [-0.4, -0.2) is 36.1 Å². The van der Waals surface area contributed by atoms with Crippen molar-refractivity contribution in [2.45, 2.75) is 70.7 Å². The van der Waals surface area contributed by atoms with Crippen LogP contribution in [0.1, 0.15) is 45.1 Å². The number of benzene rings is 2. The van der Waals surface area contributed by atoms with E-state index in [4.69, 9.17) is 44.3 Å². The Morgan fingerprint density at radius 2 is 1.24 bits per heavy atom. The summed E-state index contributed by atoms with van der Waals surface area (Å²) in [6.45, 7) is 5.31. The van der Waals surface area contributed by atoms with Crippen molar-refractivity contribution in [3.63, 3.8) is 0 Å². The lowest BCUT2D eigenvalue weighted by Gasteiger charge is -2.31. The molecule has 2 unspecified atom stereocenters. The fourth-order valence-corrected chi connectivity index (χ4v) is 4.51. The summed E-state index contributed by atoms with van der Waals surface area (Å²) < 4.78 is 11.4. The third-order valence-corrected chi connectivity index (χ3v) is 6.57. The Kier molecular flexibility index (Phi) is 9.34. The van der Waals surface area contributed by atoms with E-state index in [0.717, 1.165) is 31.2 Å². The third-order valence-electron chi connectivity index (χ3n) is 5.75. The van der Waals surface area contributed by atoms with E-state index in [2.05, 4.69) is 10.6 Å². The standard InChI is InChI=1S/C25H29Cl3N2O4/c1-14-4-10-22(20(27)12-14)33-15(2)24(31)29-18-6-8-19(9-7-18)30-25(32)16(3)34-23-11-5-17(26)13-21(23)28/h4-5,10-13,15-16,18-19H,6-9H2,1-3H3,(H,29,31)(H,30,32). The van der Waals surface area contributed by atoms with Gasteiger partial charge in [0.05, 0.1) is 10.0 Å². The van der Waals surface area contributed by atoms with Crippen LogP contribution in [-0.2, 0) is 9.59 Å². The molecule has 0 aromatic heterocycles. The van der Waals surface area contributed by atoms with E-state index < -0.39 is 12.2 Å². The highest BCUT2D eigenvalue weighted by atomic mass is 35.5. The van der Waals surface area contributed by atoms with Crippen LogP contribution in [0.2, 0.25) is 15.1 Å². The van der Waals surface area contributed by atoms with Gasteiger partial charge in [-0.05, 0) is 82.3 Å². The number of aryl methyl sites for hydroxylation is 1. The summed E-state index contributed by atoms with van der Waals surface area (Å²) in [6.07, 6.45) is 1.65. The Hall–Kier alpha value is -2.15. The van der Waals surface area contributed by atoms with Crippen LogP contribution in [0.4, 0.5) is 0 Å². The van der Waals surface area contributed by atoms with Crippen molar-refractivity contribution in [3.8, 4) is 11.5 Å². The fourth-order valence-electron chi connectivity index (χ4n) is 3.78. The lowest BCUT2D eigenvalue weighted by atomic mass is 9.91. The smallest absolute Gasteiger partial charge is 0.260 e. The molecule has 0 aliphatic heterocycles. The molecule has 1 aliphatic rings. The molecule has 34 heavy (non-hydrogen) atoms. The molecule has 9 heteroatoms. The summed E-state index contributed by atoms with van der Waals surface area (Å²) in [5.74, 6) is 0.488. The van der Waals surface area contributed by atoms with Gasteiger partial charge in [-0.2, -0.15) is 0 Å². The van der Waals surface area contributed by atoms with Gasteiger partial charge < -0.3 is 20.1 Å². The number of hydrogen-bond acceptors (Lipinski definition) is 4. The minimum atomic E-state index is -0.706. The van der Waals surface area contributed by atoms with Gasteiger partial charge in [-0.3, -0.25) is 9.59 Å². The molecule has 0 bridgehead atoms. The van der Waals surface area contributed by atoms with E-state index in [9.17, 15) is 9.59 Å². The summed E-state index contributed by atoms with van der Waals surface area (Å²) in [5, 5.41) is 7.40. The summed E-state index contributed by atoms with van der Waals surface area (Å²) in [6, 6.07) is 10.4. The van der Waals surface area contributed by atoms with Gasteiger partial charge in [0.15, 0.2) is 12.2 Å². The molecule has 6 nitrogen and oxygen atoms in total. The number of carbonyl (C=O) groups is 2. The van der Waals surface area contributed by atoms with Gasteiger partial charge in [-0.1, -0.05) is 40.9 Å². The molecule has 1 fully saturated rings. The Labute approximate surface area is 215 Å². The maximum absolute atomic E-state index is 12.6. The zero-order chi connectivity index (χ0) is 24.8. The van der Waals surface area contributed by atoms with Crippen LogP contribution < -0.4 is 20.1 Å². The molecule has 2 N–H and O–H groups in total. The number of rotatable bonds is 8. The van der Waals surface area contributed by atoms with E-state index in [1.54, 1.807) is 44.2 Å². The molecular weight excluding hydrogens is 499 g/mol. The summed E-state index contributed by atoms with van der Waals surface area (Å²) in [5.41, 5.74) is 1.02. The first kappa shape index (κ1) is 26.5. The first-order valence-electron chi connectivity index (χ1n) is 11.3. The molecule has 2 aromatic rings. The molecule has 0 spiro atoms. The van der Waals surface area contributed by atoms with Crippen molar-refractivity contribution >= 4 is 46.6 Å². The van der Waals surface area contributed by atoms with Gasteiger partial charge in [-0.15, -0.1) is 0 Å².